The van der Waals surface area contributed by atoms with Crippen molar-refractivity contribution in [1.82, 2.24) is 0 Å². The normalized spacial score (nSPS) is 13.6. The first-order chi connectivity index (χ1) is 29.0. The smallest absolute Gasteiger partial charge is 1.00 e. The molecule has 0 heterocycles. The molecule has 2 aliphatic carbocycles. The van der Waals surface area contributed by atoms with E-state index in [9.17, 15) is 0 Å². The molecule has 0 N–H and O–H groups in total. The van der Waals surface area contributed by atoms with Crippen LogP contribution in [0.3, 0.4) is 0 Å². The molecule has 8 aromatic rings. The molecule has 63 heavy (non-hydrogen) atoms. The van der Waals surface area contributed by atoms with Gasteiger partial charge in [0.15, 0.2) is 0 Å². The SMILES string of the molecule is CCCC1=Cc2c(-c3c4ccccc4cc4ccccc34)cccc2C1c1[c-]c(C(C)(C)C)cc2c1Cc1ccc(C(C)(C)C)cc1-2.[Cl-].[Cl-].[Zr+3].c1ccc([SiH]c2ccccc2)cc1. The molecule has 8 aromatic carbocycles. The van der Waals surface area contributed by atoms with Crippen molar-refractivity contribution in [2.75, 3.05) is 0 Å². The summed E-state index contributed by atoms with van der Waals surface area (Å²) in [6.07, 6.45) is 5.74. The Hall–Kier alpha value is -4.30. The van der Waals surface area contributed by atoms with Crippen molar-refractivity contribution in [3.8, 4) is 22.3 Å². The molecule has 2 aliphatic rings. The Morgan fingerprint density at radius 1 is 0.587 bits per heavy atom. The summed E-state index contributed by atoms with van der Waals surface area (Å²) in [5.74, 6) is 0.207. The zero-order chi connectivity index (χ0) is 41.6. The fourth-order valence-electron chi connectivity index (χ4n) is 9.48. The Balaban J connectivity index is 0.000000355. The molecule has 0 bridgehead atoms. The van der Waals surface area contributed by atoms with Crippen LogP contribution in [0.2, 0.25) is 0 Å². The van der Waals surface area contributed by atoms with Gasteiger partial charge < -0.3 is 24.8 Å². The van der Waals surface area contributed by atoms with E-state index in [1.54, 1.807) is 0 Å². The van der Waals surface area contributed by atoms with Gasteiger partial charge in [-0.2, -0.15) is 17.7 Å². The predicted molar refractivity (Wildman–Crippen MR) is 262 cm³/mol. The summed E-state index contributed by atoms with van der Waals surface area (Å²) in [5.41, 5.74) is 17.0. The van der Waals surface area contributed by atoms with E-state index in [0.29, 0.717) is 0 Å². The van der Waals surface area contributed by atoms with E-state index < -0.39 is 0 Å². The zero-order valence-electron chi connectivity index (χ0n) is 37.6. The zero-order valence-corrected chi connectivity index (χ0v) is 42.7. The number of hydrogen-bond donors (Lipinski definition) is 0. The second-order valence-electron chi connectivity index (χ2n) is 18.9. The molecular formula is C59H56Cl2SiZr. The van der Waals surface area contributed by atoms with E-state index in [2.05, 4.69) is 218 Å². The van der Waals surface area contributed by atoms with Gasteiger partial charge in [0, 0.05) is 5.92 Å². The molecule has 314 valence electrons. The largest absolute Gasteiger partial charge is 3.00 e. The van der Waals surface area contributed by atoms with E-state index in [1.807, 2.05) is 0 Å². The molecule has 0 saturated heterocycles. The second kappa shape index (κ2) is 19.8. The van der Waals surface area contributed by atoms with Gasteiger partial charge in [-0.3, -0.25) is 0 Å². The second-order valence-corrected chi connectivity index (χ2v) is 20.5. The number of fused-ring (bicyclic) bond motifs is 6. The van der Waals surface area contributed by atoms with Crippen LogP contribution in [0.1, 0.15) is 106 Å². The summed E-state index contributed by atoms with van der Waals surface area (Å²) in [4.78, 5) is 0. The maximum Gasteiger partial charge on any atom is 3.00 e. The van der Waals surface area contributed by atoms with E-state index in [1.165, 1.54) is 98.7 Å². The minimum atomic E-state index is -0.00600. The van der Waals surface area contributed by atoms with Gasteiger partial charge in [-0.15, -0.1) is 16.7 Å². The standard InChI is InChI=1S/C47H45.C12H11Si.2ClH.Zr/c1-8-14-32-25-40-37(19-13-20-38(40)45-35-17-11-9-15-29(35)23-30-16-10-12-18-36(30)45)44(32)43-28-34(47(5,6)7)27-42-39-26-33(46(2,3)4)22-21-31(39)24-41(42)43;1-3-7-11(8-4-1)13-12-9-5-2-6-10-12;;;/h9-13,15-23,25-27,44H,8,14,24H2,1-7H3;1-10,13H;2*1H;/q-1;;;;+3/p-2. The van der Waals surface area contributed by atoms with Crippen molar-refractivity contribution >= 4 is 47.5 Å². The molecule has 10 rings (SSSR count). The number of halogens is 2. The maximum absolute atomic E-state index is 4.11. The fourth-order valence-corrected chi connectivity index (χ4v) is 10.7. The van der Waals surface area contributed by atoms with Crippen LogP contribution in [0, 0.1) is 6.07 Å². The van der Waals surface area contributed by atoms with Crippen molar-refractivity contribution in [1.29, 1.82) is 0 Å². The predicted octanol–water partition coefficient (Wildman–Crippen LogP) is 8.03. The van der Waals surface area contributed by atoms with Gasteiger partial charge in [0.05, 0.1) is 0 Å². The third-order valence-electron chi connectivity index (χ3n) is 12.6. The first kappa shape index (κ1) is 48.2. The Labute approximate surface area is 410 Å². The van der Waals surface area contributed by atoms with Gasteiger partial charge in [-0.1, -0.05) is 223 Å². The number of rotatable bonds is 6. The molecular weight excluding hydrogens is 899 g/mol. The molecule has 1 unspecified atom stereocenters. The van der Waals surface area contributed by atoms with Gasteiger partial charge in [-0.25, -0.2) is 0 Å². The van der Waals surface area contributed by atoms with Crippen LogP contribution in [0.4, 0.5) is 0 Å². The molecule has 2 radical (unpaired) electrons. The number of allylic oxidation sites excluding steroid dienone is 1. The van der Waals surface area contributed by atoms with Crippen LogP contribution >= 0.6 is 0 Å². The molecule has 1 atom stereocenters. The maximum atomic E-state index is 4.11. The van der Waals surface area contributed by atoms with Crippen molar-refractivity contribution in [2.24, 2.45) is 0 Å². The minimum absolute atomic E-state index is 0. The van der Waals surface area contributed by atoms with Crippen LogP contribution in [-0.4, -0.2) is 9.52 Å². The Morgan fingerprint density at radius 3 is 1.75 bits per heavy atom. The Kier molecular flexibility index (Phi) is 15.2. The quantitative estimate of drug-likeness (QED) is 0.0901. The van der Waals surface area contributed by atoms with E-state index >= 15 is 0 Å². The fraction of sp³-hybridized carbons (Fsp3) is 0.220. The average molecular weight is 955 g/mol. The summed E-state index contributed by atoms with van der Waals surface area (Å²) in [5, 5.41) is 8.13. The monoisotopic (exact) mass is 952 g/mol. The molecule has 0 fully saturated rings. The van der Waals surface area contributed by atoms with E-state index in [4.69, 9.17) is 0 Å². The Morgan fingerprint density at radius 2 is 1.17 bits per heavy atom. The first-order valence-corrected chi connectivity index (χ1v) is 23.1. The molecule has 0 amide bonds. The van der Waals surface area contributed by atoms with Gasteiger partial charge in [0.25, 0.3) is 0 Å². The van der Waals surface area contributed by atoms with Crippen LogP contribution in [0.15, 0.2) is 163 Å². The van der Waals surface area contributed by atoms with Crippen LogP contribution in [-0.2, 0) is 43.5 Å². The summed E-state index contributed by atoms with van der Waals surface area (Å²) < 4.78 is 0. The van der Waals surface area contributed by atoms with Crippen LogP contribution in [0.5, 0.6) is 0 Å². The summed E-state index contributed by atoms with van der Waals surface area (Å²) >= 11 is 0. The summed E-state index contributed by atoms with van der Waals surface area (Å²) in [6, 6.07) is 62.4. The number of hydrogen-bond acceptors (Lipinski definition) is 0. The van der Waals surface area contributed by atoms with Crippen molar-refractivity contribution in [2.45, 2.75) is 84.5 Å². The molecule has 0 aromatic heterocycles. The van der Waals surface area contributed by atoms with E-state index in [0.717, 1.165) is 19.3 Å². The molecule has 0 saturated carbocycles. The Bertz CT molecular complexity index is 2810. The molecule has 4 heteroatoms. The van der Waals surface area contributed by atoms with Gasteiger partial charge >= 0.3 is 26.2 Å². The van der Waals surface area contributed by atoms with Crippen molar-refractivity contribution < 1.29 is 51.0 Å². The molecule has 0 aliphatic heterocycles. The minimum Gasteiger partial charge on any atom is -1.00 e. The van der Waals surface area contributed by atoms with Crippen molar-refractivity contribution in [3.63, 3.8) is 0 Å². The van der Waals surface area contributed by atoms with Crippen LogP contribution in [0.25, 0.3) is 49.9 Å². The summed E-state index contributed by atoms with van der Waals surface area (Å²) in [7, 11) is 0.271. The van der Waals surface area contributed by atoms with E-state index in [-0.39, 0.29) is 77.3 Å². The first-order valence-electron chi connectivity index (χ1n) is 21.9. The van der Waals surface area contributed by atoms with Gasteiger partial charge in [-0.05, 0) is 90.2 Å². The third-order valence-corrected chi connectivity index (χ3v) is 14.0. The van der Waals surface area contributed by atoms with Crippen LogP contribution < -0.4 is 35.2 Å². The average Bonchev–Trinajstić information content (AvgIpc) is 3.81. The van der Waals surface area contributed by atoms with Crippen molar-refractivity contribution in [3.05, 3.63) is 208 Å². The molecule has 0 nitrogen and oxygen atoms in total. The topological polar surface area (TPSA) is 0 Å². The van der Waals surface area contributed by atoms with Gasteiger partial charge in [0.2, 0.25) is 0 Å². The number of benzene rings is 8. The third kappa shape index (κ3) is 9.72. The molecule has 0 spiro atoms. The van der Waals surface area contributed by atoms with Gasteiger partial charge in [0.1, 0.15) is 9.52 Å². The summed E-state index contributed by atoms with van der Waals surface area (Å²) in [6.45, 7) is 16.3.